The molecule has 0 saturated heterocycles. The molecule has 3 rings (SSSR count). The van der Waals surface area contributed by atoms with Crippen molar-refractivity contribution in [1.29, 1.82) is 0 Å². The van der Waals surface area contributed by atoms with E-state index in [0.29, 0.717) is 6.54 Å². The van der Waals surface area contributed by atoms with Gasteiger partial charge in [0.25, 0.3) is 0 Å². The third-order valence-corrected chi connectivity index (χ3v) is 5.06. The van der Waals surface area contributed by atoms with E-state index in [4.69, 9.17) is 0 Å². The van der Waals surface area contributed by atoms with Gasteiger partial charge in [0.05, 0.1) is 0 Å². The first-order chi connectivity index (χ1) is 13.2. The number of nitrogens with one attached hydrogen (secondary N) is 2. The van der Waals surface area contributed by atoms with Crippen molar-refractivity contribution in [3.05, 3.63) is 70.8 Å². The van der Waals surface area contributed by atoms with E-state index in [1.807, 2.05) is 30.3 Å². The van der Waals surface area contributed by atoms with Crippen LogP contribution in [-0.2, 0) is 24.1 Å². The molecule has 0 spiro atoms. The number of fused-ring (bicyclic) bond motifs is 1. The molecule has 0 atom stereocenters. The second-order valence-electron chi connectivity index (χ2n) is 7.10. The Morgan fingerprint density at radius 2 is 1.70 bits per heavy atom. The fourth-order valence-electron chi connectivity index (χ4n) is 3.47. The molecular weight excluding hydrogens is 336 g/mol. The Morgan fingerprint density at radius 3 is 2.52 bits per heavy atom. The zero-order valence-corrected chi connectivity index (χ0v) is 15.8. The highest BCUT2D eigenvalue weighted by Crippen LogP contribution is 2.17. The Hall–Kier alpha value is -2.46. The lowest BCUT2D eigenvalue weighted by Gasteiger charge is -2.08. The molecule has 27 heavy (non-hydrogen) atoms. The Balaban J connectivity index is 1.39. The first-order valence-corrected chi connectivity index (χ1v) is 9.89. The fraction of sp³-hybridized carbons (Fsp3) is 0.391. The average Bonchev–Trinajstić information content (AvgIpc) is 2.95. The van der Waals surface area contributed by atoms with Crippen molar-refractivity contribution in [3.8, 4) is 0 Å². The Labute approximate surface area is 161 Å². The summed E-state index contributed by atoms with van der Waals surface area (Å²) >= 11 is 0. The highest BCUT2D eigenvalue weighted by Gasteiger charge is 2.13. The van der Waals surface area contributed by atoms with Gasteiger partial charge in [0.1, 0.15) is 0 Å². The molecule has 0 radical (unpaired) electrons. The third-order valence-electron chi connectivity index (χ3n) is 5.06. The number of ketones is 1. The summed E-state index contributed by atoms with van der Waals surface area (Å²) in [6.07, 6.45) is 4.34. The van der Waals surface area contributed by atoms with Gasteiger partial charge < -0.3 is 10.6 Å². The van der Waals surface area contributed by atoms with Gasteiger partial charge in [0.15, 0.2) is 5.78 Å². The summed E-state index contributed by atoms with van der Waals surface area (Å²) in [5, 5.41) is 6.30. The van der Waals surface area contributed by atoms with Crippen LogP contribution in [0.5, 0.6) is 0 Å². The maximum absolute atomic E-state index is 12.4. The zero-order valence-electron chi connectivity index (χ0n) is 15.8. The minimum atomic E-state index is -0.0460. The number of hydrogen-bond acceptors (Lipinski definition) is 3. The SMILES string of the molecule is O=C(CCC(=O)c1ccc2c(c1)CCNCC2)NCCCc1ccccc1. The largest absolute Gasteiger partial charge is 0.356 e. The molecule has 2 aromatic carbocycles. The summed E-state index contributed by atoms with van der Waals surface area (Å²) in [5.74, 6) is 0.00446. The van der Waals surface area contributed by atoms with Crippen LogP contribution in [0.2, 0.25) is 0 Å². The molecule has 0 unspecified atom stereocenters. The average molecular weight is 364 g/mol. The second kappa shape index (κ2) is 10.0. The normalized spacial score (nSPS) is 13.5. The van der Waals surface area contributed by atoms with Crippen LogP contribution in [0.4, 0.5) is 0 Å². The van der Waals surface area contributed by atoms with Crippen LogP contribution < -0.4 is 10.6 Å². The lowest BCUT2D eigenvalue weighted by atomic mass is 9.97. The summed E-state index contributed by atoms with van der Waals surface area (Å²) in [7, 11) is 0. The Bertz CT molecular complexity index is 771. The predicted octanol–water partition coefficient (Wildman–Crippen LogP) is 3.09. The number of rotatable bonds is 8. The number of aryl methyl sites for hydroxylation is 1. The van der Waals surface area contributed by atoms with Gasteiger partial charge in [-0.2, -0.15) is 0 Å². The lowest BCUT2D eigenvalue weighted by Crippen LogP contribution is -2.25. The zero-order chi connectivity index (χ0) is 18.9. The highest BCUT2D eigenvalue weighted by molar-refractivity contribution is 5.98. The van der Waals surface area contributed by atoms with Crippen LogP contribution in [0.15, 0.2) is 48.5 Å². The molecule has 0 fully saturated rings. The predicted molar refractivity (Wildman–Crippen MR) is 108 cm³/mol. The van der Waals surface area contributed by atoms with E-state index in [0.717, 1.165) is 44.3 Å². The van der Waals surface area contributed by atoms with Crippen molar-refractivity contribution in [3.63, 3.8) is 0 Å². The van der Waals surface area contributed by atoms with E-state index in [1.54, 1.807) is 0 Å². The number of carbonyl (C=O) groups is 2. The molecule has 1 aliphatic rings. The first kappa shape index (κ1) is 19.3. The molecule has 0 saturated carbocycles. The van der Waals surface area contributed by atoms with Crippen LogP contribution in [0.25, 0.3) is 0 Å². The van der Waals surface area contributed by atoms with Gasteiger partial charge in [0.2, 0.25) is 5.91 Å². The van der Waals surface area contributed by atoms with Crippen LogP contribution in [0.3, 0.4) is 0 Å². The first-order valence-electron chi connectivity index (χ1n) is 9.89. The summed E-state index contributed by atoms with van der Waals surface area (Å²) < 4.78 is 0. The molecule has 1 amide bonds. The minimum Gasteiger partial charge on any atom is -0.356 e. The van der Waals surface area contributed by atoms with Crippen molar-refractivity contribution in [2.45, 2.75) is 38.5 Å². The van der Waals surface area contributed by atoms with E-state index >= 15 is 0 Å². The van der Waals surface area contributed by atoms with Crippen LogP contribution in [-0.4, -0.2) is 31.3 Å². The van der Waals surface area contributed by atoms with Gasteiger partial charge in [0, 0.05) is 24.9 Å². The molecule has 1 heterocycles. The maximum Gasteiger partial charge on any atom is 0.220 e. The Morgan fingerprint density at radius 1 is 0.926 bits per heavy atom. The van der Waals surface area contributed by atoms with Crippen LogP contribution in [0, 0.1) is 0 Å². The summed E-state index contributed by atoms with van der Waals surface area (Å²) in [4.78, 5) is 24.4. The number of carbonyl (C=O) groups excluding carboxylic acids is 2. The van der Waals surface area contributed by atoms with Gasteiger partial charge in [-0.15, -0.1) is 0 Å². The molecule has 142 valence electrons. The van der Waals surface area contributed by atoms with E-state index in [2.05, 4.69) is 28.8 Å². The molecule has 2 aromatic rings. The van der Waals surface area contributed by atoms with Gasteiger partial charge in [-0.05, 0) is 61.5 Å². The Kier molecular flexibility index (Phi) is 7.17. The van der Waals surface area contributed by atoms with E-state index in [1.165, 1.54) is 16.7 Å². The smallest absolute Gasteiger partial charge is 0.220 e. The number of benzene rings is 2. The van der Waals surface area contributed by atoms with Crippen LogP contribution >= 0.6 is 0 Å². The summed E-state index contributed by atoms with van der Waals surface area (Å²) in [6, 6.07) is 16.2. The molecule has 4 heteroatoms. The van der Waals surface area contributed by atoms with Gasteiger partial charge in [-0.3, -0.25) is 9.59 Å². The van der Waals surface area contributed by atoms with E-state index in [-0.39, 0.29) is 24.5 Å². The van der Waals surface area contributed by atoms with Gasteiger partial charge >= 0.3 is 0 Å². The summed E-state index contributed by atoms with van der Waals surface area (Å²) in [6.45, 7) is 2.59. The summed E-state index contributed by atoms with van der Waals surface area (Å²) in [5.41, 5.74) is 4.59. The van der Waals surface area contributed by atoms with Crippen molar-refractivity contribution < 1.29 is 9.59 Å². The third kappa shape index (κ3) is 6.04. The van der Waals surface area contributed by atoms with Gasteiger partial charge in [-0.1, -0.05) is 42.5 Å². The highest BCUT2D eigenvalue weighted by atomic mass is 16.2. The van der Waals surface area contributed by atoms with Crippen molar-refractivity contribution in [1.82, 2.24) is 10.6 Å². The monoisotopic (exact) mass is 364 g/mol. The molecule has 1 aliphatic heterocycles. The lowest BCUT2D eigenvalue weighted by molar-refractivity contribution is -0.121. The van der Waals surface area contributed by atoms with E-state index < -0.39 is 0 Å². The van der Waals surface area contributed by atoms with Crippen molar-refractivity contribution >= 4 is 11.7 Å². The number of amides is 1. The number of Topliss-reactive ketones (excluding diaryl/α,β-unsaturated/α-hetero) is 1. The maximum atomic E-state index is 12.4. The standard InChI is InChI=1S/C23H28N2O2/c26-22(21-9-8-19-12-15-24-16-13-20(19)17-21)10-11-23(27)25-14-4-7-18-5-2-1-3-6-18/h1-3,5-6,8-9,17,24H,4,7,10-16H2,(H,25,27). The van der Waals surface area contributed by atoms with E-state index in [9.17, 15) is 9.59 Å². The molecule has 4 nitrogen and oxygen atoms in total. The van der Waals surface area contributed by atoms with Crippen molar-refractivity contribution in [2.24, 2.45) is 0 Å². The minimum absolute atomic E-state index is 0.0460. The second-order valence-corrected chi connectivity index (χ2v) is 7.10. The fourth-order valence-corrected chi connectivity index (χ4v) is 3.47. The molecule has 2 N–H and O–H groups in total. The quantitative estimate of drug-likeness (QED) is 0.559. The molecule has 0 aromatic heterocycles. The molecule has 0 bridgehead atoms. The van der Waals surface area contributed by atoms with Crippen LogP contribution in [0.1, 0.15) is 46.3 Å². The number of hydrogen-bond donors (Lipinski definition) is 2. The van der Waals surface area contributed by atoms with Crippen molar-refractivity contribution in [2.75, 3.05) is 19.6 Å². The topological polar surface area (TPSA) is 58.2 Å². The van der Waals surface area contributed by atoms with Gasteiger partial charge in [-0.25, -0.2) is 0 Å². The molecular formula is C23H28N2O2. The molecule has 0 aliphatic carbocycles.